The molecule has 0 aromatic heterocycles. The summed E-state index contributed by atoms with van der Waals surface area (Å²) in [6.45, 7) is 7.04. The Morgan fingerprint density at radius 3 is 2.18 bits per heavy atom. The lowest BCUT2D eigenvalue weighted by Crippen LogP contribution is -2.46. The normalized spacial score (nSPS) is 47.0. The van der Waals surface area contributed by atoms with Crippen molar-refractivity contribution in [3.8, 4) is 0 Å². The van der Waals surface area contributed by atoms with Crippen LogP contribution in [0.2, 0.25) is 0 Å². The van der Waals surface area contributed by atoms with Gasteiger partial charge >= 0.3 is 5.97 Å². The van der Waals surface area contributed by atoms with E-state index in [9.17, 15) is 9.90 Å². The van der Waals surface area contributed by atoms with Crippen molar-refractivity contribution in [2.24, 2.45) is 23.2 Å². The summed E-state index contributed by atoms with van der Waals surface area (Å²) in [4.78, 5) is 11.8. The largest absolute Gasteiger partial charge is 0.481 e. The molecule has 1 N–H and O–H groups in total. The van der Waals surface area contributed by atoms with Crippen LogP contribution in [0.5, 0.6) is 0 Å². The van der Waals surface area contributed by atoms with Gasteiger partial charge in [-0.2, -0.15) is 0 Å². The van der Waals surface area contributed by atoms with Gasteiger partial charge in [0.1, 0.15) is 0 Å². The number of hydrogen-bond acceptors (Lipinski definition) is 2. The van der Waals surface area contributed by atoms with Crippen LogP contribution < -0.4 is 0 Å². The Kier molecular flexibility index (Phi) is 3.48. The molecule has 98 valence electrons. The van der Waals surface area contributed by atoms with E-state index in [0.717, 1.165) is 12.8 Å². The number of carboxylic acids is 1. The molecule has 4 unspecified atom stereocenters. The maximum absolute atomic E-state index is 11.8. The maximum atomic E-state index is 11.8. The molecule has 1 heterocycles. The molecule has 17 heavy (non-hydrogen) atoms. The second-order valence-electron chi connectivity index (χ2n) is 6.22. The van der Waals surface area contributed by atoms with E-state index < -0.39 is 11.4 Å². The Morgan fingerprint density at radius 1 is 1.18 bits per heavy atom. The van der Waals surface area contributed by atoms with E-state index in [1.165, 1.54) is 6.42 Å². The van der Waals surface area contributed by atoms with Crippen LogP contribution in [0.4, 0.5) is 0 Å². The van der Waals surface area contributed by atoms with E-state index in [0.29, 0.717) is 24.9 Å². The third kappa shape index (κ3) is 2.10. The van der Waals surface area contributed by atoms with Gasteiger partial charge in [0.05, 0.1) is 11.5 Å². The number of hydrogen-bond donors (Lipinski definition) is 1. The zero-order valence-electron chi connectivity index (χ0n) is 11.1. The molecule has 1 aliphatic carbocycles. The van der Waals surface area contributed by atoms with Gasteiger partial charge in [-0.3, -0.25) is 4.79 Å². The molecule has 2 rings (SSSR count). The molecule has 0 aromatic carbocycles. The van der Waals surface area contributed by atoms with Crippen LogP contribution in [0.15, 0.2) is 0 Å². The van der Waals surface area contributed by atoms with Crippen molar-refractivity contribution in [2.75, 3.05) is 6.61 Å². The van der Waals surface area contributed by atoms with Crippen molar-refractivity contribution in [3.05, 3.63) is 0 Å². The first-order chi connectivity index (χ1) is 7.96. The van der Waals surface area contributed by atoms with E-state index >= 15 is 0 Å². The zero-order valence-corrected chi connectivity index (χ0v) is 11.1. The average Bonchev–Trinajstić information content (AvgIpc) is 2.59. The van der Waals surface area contributed by atoms with Gasteiger partial charge < -0.3 is 9.84 Å². The second kappa shape index (κ2) is 4.60. The van der Waals surface area contributed by atoms with Gasteiger partial charge in [0.25, 0.3) is 0 Å². The molecule has 1 saturated carbocycles. The third-order valence-electron chi connectivity index (χ3n) is 4.91. The van der Waals surface area contributed by atoms with Gasteiger partial charge in [-0.05, 0) is 50.4 Å². The first-order valence-electron chi connectivity index (χ1n) is 6.81. The Balaban J connectivity index is 2.24. The Hall–Kier alpha value is -0.570. The highest BCUT2D eigenvalue weighted by Gasteiger charge is 2.54. The van der Waals surface area contributed by atoms with Gasteiger partial charge in [-0.25, -0.2) is 0 Å². The first kappa shape index (κ1) is 12.9. The minimum Gasteiger partial charge on any atom is -0.481 e. The summed E-state index contributed by atoms with van der Waals surface area (Å²) >= 11 is 0. The van der Waals surface area contributed by atoms with Crippen LogP contribution >= 0.6 is 0 Å². The fraction of sp³-hybridized carbons (Fsp3) is 0.929. The lowest BCUT2D eigenvalue weighted by atomic mass is 9.61. The fourth-order valence-corrected chi connectivity index (χ4v) is 4.12. The van der Waals surface area contributed by atoms with Crippen LogP contribution in [0.3, 0.4) is 0 Å². The van der Waals surface area contributed by atoms with Gasteiger partial charge in [-0.15, -0.1) is 0 Å². The molecule has 2 fully saturated rings. The number of aliphatic carboxylic acids is 1. The highest BCUT2D eigenvalue weighted by molar-refractivity contribution is 5.76. The quantitative estimate of drug-likeness (QED) is 0.807. The summed E-state index contributed by atoms with van der Waals surface area (Å²) in [5, 5.41) is 9.68. The summed E-state index contributed by atoms with van der Waals surface area (Å²) in [7, 11) is 0. The van der Waals surface area contributed by atoms with Gasteiger partial charge in [0, 0.05) is 6.61 Å². The molecule has 1 aliphatic heterocycles. The van der Waals surface area contributed by atoms with Crippen LogP contribution in [0.25, 0.3) is 0 Å². The minimum absolute atomic E-state index is 0.137. The molecule has 1 saturated heterocycles. The zero-order chi connectivity index (χ0) is 12.6. The highest BCUT2D eigenvalue weighted by Crippen LogP contribution is 2.50. The van der Waals surface area contributed by atoms with Gasteiger partial charge in [0.2, 0.25) is 0 Å². The van der Waals surface area contributed by atoms with Gasteiger partial charge in [-0.1, -0.05) is 13.8 Å². The molecular formula is C14H24O3. The maximum Gasteiger partial charge on any atom is 0.312 e. The Morgan fingerprint density at radius 2 is 1.76 bits per heavy atom. The standard InChI is InChI=1S/C14H24O3/c1-9-6-10(2)8-12(7-9)14(13(15)16)4-5-17-11(14)3/h9-12H,4-8H2,1-3H3,(H,15,16). The Labute approximate surface area is 104 Å². The molecule has 3 heteroatoms. The summed E-state index contributed by atoms with van der Waals surface area (Å²) in [6.07, 6.45) is 3.88. The second-order valence-corrected chi connectivity index (χ2v) is 6.22. The monoisotopic (exact) mass is 240 g/mol. The lowest BCUT2D eigenvalue weighted by Gasteiger charge is -2.42. The average molecular weight is 240 g/mol. The molecule has 0 radical (unpaired) electrons. The molecule has 0 amide bonds. The predicted molar refractivity (Wildman–Crippen MR) is 65.8 cm³/mol. The smallest absolute Gasteiger partial charge is 0.312 e. The summed E-state index contributed by atoms with van der Waals surface area (Å²) in [6, 6.07) is 0. The van der Waals surface area contributed by atoms with Crippen molar-refractivity contribution in [2.45, 2.75) is 52.6 Å². The molecule has 0 aromatic rings. The van der Waals surface area contributed by atoms with Gasteiger partial charge in [0.15, 0.2) is 0 Å². The summed E-state index contributed by atoms with van der Waals surface area (Å²) < 4.78 is 5.57. The fourth-order valence-electron chi connectivity index (χ4n) is 4.12. The van der Waals surface area contributed by atoms with Crippen LogP contribution in [0, 0.1) is 23.2 Å². The Bertz CT molecular complexity index is 292. The SMILES string of the molecule is CC1CC(C)CC(C2(C(=O)O)CCOC2C)C1. The molecule has 2 aliphatic rings. The third-order valence-corrected chi connectivity index (χ3v) is 4.91. The lowest BCUT2D eigenvalue weighted by molar-refractivity contribution is -0.158. The van der Waals surface area contributed by atoms with Crippen molar-refractivity contribution in [1.29, 1.82) is 0 Å². The minimum atomic E-state index is -0.645. The van der Waals surface area contributed by atoms with E-state index in [4.69, 9.17) is 4.74 Å². The first-order valence-corrected chi connectivity index (χ1v) is 6.81. The van der Waals surface area contributed by atoms with Crippen molar-refractivity contribution < 1.29 is 14.6 Å². The predicted octanol–water partition coefficient (Wildman–Crippen LogP) is 2.94. The molecular weight excluding hydrogens is 216 g/mol. The van der Waals surface area contributed by atoms with Crippen molar-refractivity contribution in [1.82, 2.24) is 0 Å². The number of carbonyl (C=O) groups is 1. The number of carboxylic acid groups (broad SMARTS) is 1. The van der Waals surface area contributed by atoms with E-state index in [-0.39, 0.29) is 12.0 Å². The number of rotatable bonds is 2. The number of ether oxygens (including phenoxy) is 1. The van der Waals surface area contributed by atoms with E-state index in [2.05, 4.69) is 13.8 Å². The van der Waals surface area contributed by atoms with Crippen LogP contribution in [0.1, 0.15) is 46.5 Å². The highest BCUT2D eigenvalue weighted by atomic mass is 16.5. The van der Waals surface area contributed by atoms with Crippen LogP contribution in [-0.2, 0) is 9.53 Å². The summed E-state index contributed by atoms with van der Waals surface area (Å²) in [5.41, 5.74) is -0.622. The van der Waals surface area contributed by atoms with Crippen molar-refractivity contribution in [3.63, 3.8) is 0 Å². The topological polar surface area (TPSA) is 46.5 Å². The molecule has 0 bridgehead atoms. The van der Waals surface area contributed by atoms with E-state index in [1.54, 1.807) is 0 Å². The van der Waals surface area contributed by atoms with Crippen LogP contribution in [-0.4, -0.2) is 23.8 Å². The molecule has 0 spiro atoms. The van der Waals surface area contributed by atoms with Crippen molar-refractivity contribution >= 4 is 5.97 Å². The summed E-state index contributed by atoms with van der Waals surface area (Å²) in [5.74, 6) is 0.936. The molecule has 4 atom stereocenters. The van der Waals surface area contributed by atoms with E-state index in [1.807, 2.05) is 6.92 Å². The molecule has 3 nitrogen and oxygen atoms in total.